The Morgan fingerprint density at radius 3 is 2.83 bits per heavy atom. The molecule has 6 rings (SSSR count). The van der Waals surface area contributed by atoms with Crippen molar-refractivity contribution in [1.29, 1.82) is 0 Å². The lowest BCUT2D eigenvalue weighted by atomic mass is 10.2. The maximum atomic E-state index is 11.8. The van der Waals surface area contributed by atoms with Crippen LogP contribution in [0.1, 0.15) is 16.9 Å². The molecular formula is C30H29N7O4S. The number of hydrogen-bond acceptors (Lipinski definition) is 9. The Labute approximate surface area is 246 Å². The van der Waals surface area contributed by atoms with Crippen molar-refractivity contribution in [3.63, 3.8) is 0 Å². The van der Waals surface area contributed by atoms with Gasteiger partial charge in [0.2, 0.25) is 0 Å². The summed E-state index contributed by atoms with van der Waals surface area (Å²) in [4.78, 5) is 31.4. The van der Waals surface area contributed by atoms with Gasteiger partial charge in [-0.1, -0.05) is 42.2 Å². The number of nitrogens with zero attached hydrogens (tertiary/aromatic N) is 5. The number of carboxylic acid groups (broad SMARTS) is 1. The molecule has 3 N–H and O–H groups in total. The van der Waals surface area contributed by atoms with E-state index in [4.69, 9.17) is 14.6 Å². The largest absolute Gasteiger partial charge is 0.483 e. The summed E-state index contributed by atoms with van der Waals surface area (Å²) in [7, 11) is 3.35. The van der Waals surface area contributed by atoms with Crippen molar-refractivity contribution in [2.45, 2.75) is 25.1 Å². The van der Waals surface area contributed by atoms with Crippen molar-refractivity contribution in [2.75, 3.05) is 26.0 Å². The minimum atomic E-state index is -0.335. The first-order valence-electron chi connectivity index (χ1n) is 13.1. The summed E-state index contributed by atoms with van der Waals surface area (Å²) in [5.74, 6) is 7.27. The Balaban J connectivity index is 0.00000113. The number of carbonyl (C=O) groups excluding carboxylic acids is 1. The number of thiophene rings is 1. The highest BCUT2D eigenvalue weighted by atomic mass is 32.1. The Hall–Kier alpha value is -4.99. The third-order valence-electron chi connectivity index (χ3n) is 6.48. The molecular weight excluding hydrogens is 554 g/mol. The van der Waals surface area contributed by atoms with Crippen molar-refractivity contribution in [3.05, 3.63) is 77.6 Å². The Morgan fingerprint density at radius 2 is 2.05 bits per heavy atom. The average Bonchev–Trinajstić information content (AvgIpc) is 3.72. The minimum Gasteiger partial charge on any atom is -0.483 e. The molecule has 0 saturated carbocycles. The van der Waals surface area contributed by atoms with Gasteiger partial charge in [0.15, 0.2) is 5.82 Å². The maximum absolute atomic E-state index is 11.8. The van der Waals surface area contributed by atoms with Crippen molar-refractivity contribution in [2.24, 2.45) is 0 Å². The van der Waals surface area contributed by atoms with Crippen LogP contribution in [0.4, 0.5) is 16.3 Å². The molecule has 1 fully saturated rings. The highest BCUT2D eigenvalue weighted by Gasteiger charge is 2.26. The number of fused-ring (bicyclic) bond motifs is 2. The molecule has 3 aromatic heterocycles. The number of benzene rings is 2. The number of rotatable bonds is 5. The van der Waals surface area contributed by atoms with Gasteiger partial charge in [0.05, 0.1) is 39.4 Å². The van der Waals surface area contributed by atoms with E-state index in [-0.39, 0.29) is 24.7 Å². The van der Waals surface area contributed by atoms with Crippen LogP contribution in [0.25, 0.3) is 21.1 Å². The van der Waals surface area contributed by atoms with E-state index >= 15 is 0 Å². The lowest BCUT2D eigenvalue weighted by molar-refractivity contribution is -0.122. The topological polar surface area (TPSA) is 134 Å². The van der Waals surface area contributed by atoms with Crippen LogP contribution < -0.4 is 10.6 Å². The molecule has 2 aromatic carbocycles. The highest BCUT2D eigenvalue weighted by molar-refractivity contribution is 7.20. The number of ether oxygens (including phenoxy) is 1. The van der Waals surface area contributed by atoms with Crippen LogP contribution in [0.2, 0.25) is 0 Å². The van der Waals surface area contributed by atoms with E-state index < -0.39 is 0 Å². The molecule has 0 unspecified atom stereocenters. The molecule has 42 heavy (non-hydrogen) atoms. The number of aromatic nitrogens is 4. The molecule has 1 saturated heterocycles. The zero-order valence-corrected chi connectivity index (χ0v) is 23.8. The normalized spacial score (nSPS) is 15.8. The predicted octanol–water partition coefficient (Wildman–Crippen LogP) is 4.31. The van der Waals surface area contributed by atoms with Crippen molar-refractivity contribution in [1.82, 2.24) is 30.0 Å². The number of nitrogens with one attached hydrogen (secondary N) is 2. The van der Waals surface area contributed by atoms with Crippen LogP contribution in [0.5, 0.6) is 0 Å². The van der Waals surface area contributed by atoms with Crippen molar-refractivity contribution >= 4 is 56.5 Å². The van der Waals surface area contributed by atoms with Crippen LogP contribution in [0.3, 0.4) is 0 Å². The number of carbonyl (C=O) groups is 2. The van der Waals surface area contributed by atoms with E-state index in [0.717, 1.165) is 44.0 Å². The molecule has 1 aliphatic rings. The quantitative estimate of drug-likeness (QED) is 0.204. The fraction of sp³-hybridized carbons (Fsp3) is 0.233. The van der Waals surface area contributed by atoms with Crippen molar-refractivity contribution < 1.29 is 19.4 Å². The SMILES string of the molecule is CN(C)C(=O)O[C@H]1CN[C@H](C#Cc2cc3ncnc(Nc4ccc5c(cnn5Cc5ccccc5)c4)c3s2)C1.O=CO. The number of anilines is 2. The van der Waals surface area contributed by atoms with Crippen LogP contribution in [-0.2, 0) is 16.1 Å². The molecule has 0 spiro atoms. The fourth-order valence-corrected chi connectivity index (χ4v) is 5.42. The smallest absolute Gasteiger partial charge is 0.409 e. The first-order chi connectivity index (χ1) is 20.4. The highest BCUT2D eigenvalue weighted by Crippen LogP contribution is 2.31. The van der Waals surface area contributed by atoms with Crippen LogP contribution in [0, 0.1) is 11.8 Å². The maximum Gasteiger partial charge on any atom is 0.409 e. The van der Waals surface area contributed by atoms with Gasteiger partial charge in [-0.3, -0.25) is 14.8 Å². The van der Waals surface area contributed by atoms with Gasteiger partial charge in [0.25, 0.3) is 6.47 Å². The first-order valence-corrected chi connectivity index (χ1v) is 14.0. The fourth-order valence-electron chi connectivity index (χ4n) is 4.50. The third-order valence-corrected chi connectivity index (χ3v) is 7.53. The number of amides is 1. The summed E-state index contributed by atoms with van der Waals surface area (Å²) in [6.07, 6.45) is 3.60. The lowest BCUT2D eigenvalue weighted by Crippen LogP contribution is -2.29. The van der Waals surface area contributed by atoms with E-state index in [2.05, 4.69) is 61.8 Å². The molecule has 2 atom stereocenters. The summed E-state index contributed by atoms with van der Waals surface area (Å²) in [6.45, 7) is 1.07. The van der Waals surface area contributed by atoms with Gasteiger partial charge >= 0.3 is 6.09 Å². The third kappa shape index (κ3) is 6.83. The summed E-state index contributed by atoms with van der Waals surface area (Å²) in [5, 5.41) is 19.3. The zero-order chi connectivity index (χ0) is 29.5. The minimum absolute atomic E-state index is 0.0339. The Bertz CT molecular complexity index is 1760. The predicted molar refractivity (Wildman–Crippen MR) is 162 cm³/mol. The average molecular weight is 584 g/mol. The van der Waals surface area contributed by atoms with Gasteiger partial charge < -0.3 is 20.1 Å². The van der Waals surface area contributed by atoms with Gasteiger partial charge in [0.1, 0.15) is 12.4 Å². The van der Waals surface area contributed by atoms with Gasteiger partial charge in [-0.15, -0.1) is 11.3 Å². The first kappa shape index (κ1) is 28.5. The van der Waals surface area contributed by atoms with E-state index in [0.29, 0.717) is 13.0 Å². The Morgan fingerprint density at radius 1 is 1.24 bits per heavy atom. The van der Waals surface area contributed by atoms with E-state index in [1.165, 1.54) is 10.5 Å². The van der Waals surface area contributed by atoms with Gasteiger partial charge in [0, 0.05) is 38.1 Å². The second kappa shape index (κ2) is 13.1. The standard InChI is InChI=1S/C29H27N7O2S.CH2O2/c1-35(2)29(37)38-23-13-21(30-16-23)8-10-24-14-25-27(39-24)28(32-18-31-25)34-22-9-11-26-20(12-22)15-33-36(26)17-19-6-4-3-5-7-19;2-1-3/h3-7,9,11-12,14-15,18,21,23,30H,13,16-17H2,1-2H3,(H,31,32,34);1H,(H,2,3)/t21-,23-;/m1./s1. The molecule has 0 bridgehead atoms. The molecule has 1 aliphatic heterocycles. The molecule has 11 nitrogen and oxygen atoms in total. The van der Waals surface area contributed by atoms with Crippen LogP contribution in [-0.4, -0.2) is 75.1 Å². The summed E-state index contributed by atoms with van der Waals surface area (Å²) in [5.41, 5.74) is 4.05. The van der Waals surface area contributed by atoms with E-state index in [9.17, 15) is 4.79 Å². The molecule has 1 amide bonds. The van der Waals surface area contributed by atoms with Gasteiger partial charge in [-0.25, -0.2) is 14.8 Å². The van der Waals surface area contributed by atoms with Gasteiger partial charge in [-0.05, 0) is 29.8 Å². The van der Waals surface area contributed by atoms with Gasteiger partial charge in [-0.2, -0.15) is 5.10 Å². The molecule has 214 valence electrons. The second-order valence-electron chi connectivity index (χ2n) is 9.71. The Kier molecular flexibility index (Phi) is 8.91. The second-order valence-corrected chi connectivity index (χ2v) is 10.8. The molecule has 0 aliphatic carbocycles. The molecule has 12 heteroatoms. The summed E-state index contributed by atoms with van der Waals surface area (Å²) >= 11 is 1.55. The monoisotopic (exact) mass is 583 g/mol. The molecule has 5 aromatic rings. The number of hydrogen-bond donors (Lipinski definition) is 3. The van der Waals surface area contributed by atoms with Crippen LogP contribution in [0.15, 0.2) is 67.1 Å². The van der Waals surface area contributed by atoms with E-state index in [1.807, 2.05) is 41.2 Å². The van der Waals surface area contributed by atoms with Crippen LogP contribution >= 0.6 is 11.3 Å². The van der Waals surface area contributed by atoms with Crippen molar-refractivity contribution in [3.8, 4) is 11.8 Å². The molecule has 4 heterocycles. The zero-order valence-electron chi connectivity index (χ0n) is 23.0. The lowest BCUT2D eigenvalue weighted by Gasteiger charge is -2.15. The molecule has 0 radical (unpaired) electrons. The summed E-state index contributed by atoms with van der Waals surface area (Å²) < 4.78 is 8.41. The summed E-state index contributed by atoms with van der Waals surface area (Å²) in [6, 6.07) is 18.5. The van der Waals surface area contributed by atoms with E-state index in [1.54, 1.807) is 31.8 Å².